The van der Waals surface area contributed by atoms with Gasteiger partial charge in [0.15, 0.2) is 11.5 Å². The molecule has 0 amide bonds. The van der Waals surface area contributed by atoms with Crippen LogP contribution in [0.15, 0.2) is 18.2 Å². The van der Waals surface area contributed by atoms with E-state index in [1.165, 1.54) is 25.3 Å². The van der Waals surface area contributed by atoms with Crippen LogP contribution in [0.3, 0.4) is 0 Å². The van der Waals surface area contributed by atoms with Crippen molar-refractivity contribution in [3.63, 3.8) is 0 Å². The summed E-state index contributed by atoms with van der Waals surface area (Å²) in [6.07, 6.45) is -2.05. The summed E-state index contributed by atoms with van der Waals surface area (Å²) in [4.78, 5) is 50.1. The van der Waals surface area contributed by atoms with Gasteiger partial charge in [0.1, 0.15) is 22.8 Å². The zero-order valence-corrected chi connectivity index (χ0v) is 27.2. The van der Waals surface area contributed by atoms with E-state index in [0.29, 0.717) is 18.4 Å². The lowest BCUT2D eigenvalue weighted by atomic mass is 9.86. The van der Waals surface area contributed by atoms with Crippen molar-refractivity contribution in [2.45, 2.75) is 117 Å². The monoisotopic (exact) mass is 611 g/mol. The number of hydrogen-bond acceptors (Lipinski definition) is 12. The molecule has 244 valence electrons. The fourth-order valence-electron chi connectivity index (χ4n) is 3.52. The molecule has 2 unspecified atom stereocenters. The fourth-order valence-corrected chi connectivity index (χ4v) is 3.52. The molecule has 0 radical (unpaired) electrons. The van der Waals surface area contributed by atoms with Crippen molar-refractivity contribution in [3.8, 4) is 11.5 Å². The molecule has 2 N–H and O–H groups in total. The summed E-state index contributed by atoms with van der Waals surface area (Å²) < 4.78 is 36.9. The lowest BCUT2D eigenvalue weighted by Gasteiger charge is -2.29. The molecule has 0 bridgehead atoms. The Balaban J connectivity index is 3.28. The smallest absolute Gasteiger partial charge is 0.468 e. The summed E-state index contributed by atoms with van der Waals surface area (Å²) in [5.74, 6) is -0.868. The third kappa shape index (κ3) is 13.1. The molecule has 1 aromatic carbocycles. The number of ether oxygens (including phenoxy) is 7. The summed E-state index contributed by atoms with van der Waals surface area (Å²) in [6, 6.07) is 4.31. The fraction of sp³-hybridized carbons (Fsp3) is 0.677. The summed E-state index contributed by atoms with van der Waals surface area (Å²) in [6.45, 7) is 16.3. The minimum atomic E-state index is -1.65. The van der Waals surface area contributed by atoms with Crippen molar-refractivity contribution < 1.29 is 52.3 Å². The predicted molar refractivity (Wildman–Crippen MR) is 158 cm³/mol. The van der Waals surface area contributed by atoms with Gasteiger partial charge in [-0.2, -0.15) is 0 Å². The van der Waals surface area contributed by atoms with E-state index >= 15 is 0 Å². The lowest BCUT2D eigenvalue weighted by Crippen LogP contribution is -2.53. The number of carbonyl (C=O) groups is 4. The zero-order chi connectivity index (χ0) is 33.0. The Labute approximate surface area is 254 Å². The topological polar surface area (TPSA) is 159 Å². The molecule has 0 spiro atoms. The maximum absolute atomic E-state index is 12.8. The average molecular weight is 612 g/mol. The van der Waals surface area contributed by atoms with Gasteiger partial charge < -0.3 is 38.9 Å². The Kier molecular flexibility index (Phi) is 14.2. The molecule has 0 fully saturated rings. The number of benzene rings is 1. The van der Waals surface area contributed by atoms with E-state index < -0.39 is 47.3 Å². The first-order valence-corrected chi connectivity index (χ1v) is 14.5. The normalized spacial score (nSPS) is 14.4. The Bertz CT molecular complexity index is 1100. The predicted octanol–water partition coefficient (Wildman–Crippen LogP) is 6.49. The number of methoxy groups -OCH3 is 1. The van der Waals surface area contributed by atoms with Gasteiger partial charge in [-0.15, -0.1) is 0 Å². The first-order valence-electron chi connectivity index (χ1n) is 14.5. The molecule has 12 nitrogen and oxygen atoms in total. The zero-order valence-electron chi connectivity index (χ0n) is 27.2. The Morgan fingerprint density at radius 3 is 1.86 bits per heavy atom. The number of esters is 1. The van der Waals surface area contributed by atoms with Gasteiger partial charge in [0.05, 0.1) is 13.7 Å². The van der Waals surface area contributed by atoms with Gasteiger partial charge in [0.2, 0.25) is 0 Å². The number of rotatable bonds is 15. The molecule has 43 heavy (non-hydrogen) atoms. The van der Waals surface area contributed by atoms with E-state index in [4.69, 9.17) is 38.9 Å². The van der Waals surface area contributed by atoms with Crippen molar-refractivity contribution in [1.29, 1.82) is 0 Å². The third-order valence-electron chi connectivity index (χ3n) is 7.06. The highest BCUT2D eigenvalue weighted by molar-refractivity contribution is 5.81. The van der Waals surface area contributed by atoms with Crippen LogP contribution in [-0.2, 0) is 34.9 Å². The van der Waals surface area contributed by atoms with Crippen LogP contribution >= 0.6 is 0 Å². The second-order valence-corrected chi connectivity index (χ2v) is 11.9. The number of nitrogens with two attached hydrogens (primary N) is 1. The molecule has 0 aliphatic rings. The van der Waals surface area contributed by atoms with Gasteiger partial charge in [-0.25, -0.2) is 14.4 Å². The molecule has 12 heteroatoms. The number of hydrogen-bond donors (Lipinski definition) is 1. The van der Waals surface area contributed by atoms with Gasteiger partial charge >= 0.3 is 24.4 Å². The summed E-state index contributed by atoms with van der Waals surface area (Å²) in [5.41, 5.74) is 3.68. The number of carbonyl (C=O) groups excluding carboxylic acids is 4. The van der Waals surface area contributed by atoms with Crippen LogP contribution in [0.4, 0.5) is 14.4 Å². The Morgan fingerprint density at radius 1 is 0.837 bits per heavy atom. The van der Waals surface area contributed by atoms with Crippen molar-refractivity contribution in [2.75, 3.05) is 13.7 Å². The van der Waals surface area contributed by atoms with Gasteiger partial charge in [0.25, 0.3) is 0 Å². The third-order valence-corrected chi connectivity index (χ3v) is 7.06. The average Bonchev–Trinajstić information content (AvgIpc) is 2.91. The maximum Gasteiger partial charge on any atom is 0.514 e. The van der Waals surface area contributed by atoms with Gasteiger partial charge in [-0.05, 0) is 71.1 Å². The van der Waals surface area contributed by atoms with Gasteiger partial charge in [0, 0.05) is 12.8 Å². The van der Waals surface area contributed by atoms with E-state index in [2.05, 4.69) is 0 Å². The SMILES string of the molecule is CCC(C)COC(=O)O[C@@H](C)CC(N)(Cc1ccc(OC(=O)OC(C)(C)CC)c(OC(=O)OC(C)(C)CC)c1)C(=O)OC. The van der Waals surface area contributed by atoms with Crippen LogP contribution in [-0.4, -0.2) is 61.0 Å². The highest BCUT2D eigenvalue weighted by Crippen LogP contribution is 2.33. The van der Waals surface area contributed by atoms with Crippen molar-refractivity contribution in [3.05, 3.63) is 23.8 Å². The van der Waals surface area contributed by atoms with Crippen molar-refractivity contribution in [1.82, 2.24) is 0 Å². The van der Waals surface area contributed by atoms with Crippen LogP contribution in [0.5, 0.6) is 11.5 Å². The van der Waals surface area contributed by atoms with Crippen LogP contribution in [0.2, 0.25) is 0 Å². The van der Waals surface area contributed by atoms with E-state index in [9.17, 15) is 19.2 Å². The van der Waals surface area contributed by atoms with Crippen LogP contribution in [0, 0.1) is 5.92 Å². The lowest BCUT2D eigenvalue weighted by molar-refractivity contribution is -0.148. The molecule has 0 heterocycles. The molecule has 0 aliphatic carbocycles. The molecule has 3 atom stereocenters. The van der Waals surface area contributed by atoms with E-state index in [1.54, 1.807) is 34.6 Å². The highest BCUT2D eigenvalue weighted by Gasteiger charge is 2.39. The first kappa shape index (κ1) is 37.5. The Hall–Kier alpha value is -3.54. The molecule has 0 aromatic heterocycles. The van der Waals surface area contributed by atoms with Crippen molar-refractivity contribution >= 4 is 24.4 Å². The summed E-state index contributed by atoms with van der Waals surface area (Å²) in [7, 11) is 1.19. The second-order valence-electron chi connectivity index (χ2n) is 11.9. The van der Waals surface area contributed by atoms with Crippen molar-refractivity contribution in [2.24, 2.45) is 11.7 Å². The maximum atomic E-state index is 12.8. The summed E-state index contributed by atoms with van der Waals surface area (Å²) in [5, 5.41) is 0. The minimum absolute atomic E-state index is 0.113. The largest absolute Gasteiger partial charge is 0.514 e. The second kappa shape index (κ2) is 16.3. The highest BCUT2D eigenvalue weighted by atomic mass is 16.8. The molecule has 0 aliphatic heterocycles. The molecule has 0 saturated heterocycles. The molecular formula is C31H49NO11. The van der Waals surface area contributed by atoms with E-state index in [1.807, 2.05) is 27.7 Å². The van der Waals surface area contributed by atoms with Crippen LogP contribution < -0.4 is 15.2 Å². The first-order chi connectivity index (χ1) is 19.9. The molecule has 1 rings (SSSR count). The minimum Gasteiger partial charge on any atom is -0.468 e. The Morgan fingerprint density at radius 2 is 1.37 bits per heavy atom. The summed E-state index contributed by atoms with van der Waals surface area (Å²) >= 11 is 0. The van der Waals surface area contributed by atoms with E-state index in [0.717, 1.165) is 6.42 Å². The quantitative estimate of drug-likeness (QED) is 0.131. The molecule has 0 saturated carbocycles. The van der Waals surface area contributed by atoms with Crippen LogP contribution in [0.25, 0.3) is 0 Å². The standard InChI is InChI=1S/C31H49NO11/c1-11-20(4)19-38-26(34)39-21(5)17-31(32,25(33)37-10)18-22-14-15-23(40-27(35)42-29(6,7)12-2)24(16-22)41-28(36)43-30(8,9)13-3/h14-16,20-21H,11-13,17-19,32H2,1-10H3/t20?,21-,31?/m0/s1. The molecular weight excluding hydrogens is 562 g/mol. The molecule has 1 aromatic rings. The van der Waals surface area contributed by atoms with Gasteiger partial charge in [-0.3, -0.25) is 4.79 Å². The van der Waals surface area contributed by atoms with Gasteiger partial charge in [-0.1, -0.05) is 40.2 Å². The van der Waals surface area contributed by atoms with Crippen LogP contribution in [0.1, 0.15) is 93.6 Å². The van der Waals surface area contributed by atoms with E-state index in [-0.39, 0.29) is 36.9 Å².